The predicted octanol–water partition coefficient (Wildman–Crippen LogP) is 4.93. The first-order valence-corrected chi connectivity index (χ1v) is 13.3. The minimum atomic E-state index is -0.601. The standard InChI is InChI=1S/C28H28Cl2N6O4/c1-14(2)35-24-21(32-25(35)19-12-31-28(40-6)33-26(19)39-5)11-22(37)36(17-10-20(30)27(38)34(4)13-17)23(24)18-8-7-16(29)9-15(18)3/h7-10,12-14,23H,11H2,1-6H3. The maximum absolute atomic E-state index is 13.9. The third-order valence-electron chi connectivity index (χ3n) is 6.92. The predicted molar refractivity (Wildman–Crippen MR) is 153 cm³/mol. The fraction of sp³-hybridized carbons (Fsp3) is 0.321. The molecule has 4 aromatic rings. The maximum Gasteiger partial charge on any atom is 0.319 e. The van der Waals surface area contributed by atoms with Crippen molar-refractivity contribution in [3.05, 3.63) is 79.6 Å². The zero-order valence-electron chi connectivity index (χ0n) is 22.9. The van der Waals surface area contributed by atoms with Gasteiger partial charge in [0.15, 0.2) is 0 Å². The summed E-state index contributed by atoms with van der Waals surface area (Å²) in [5.41, 5.74) is 3.89. The number of nitrogens with zero attached hydrogens (tertiary/aromatic N) is 6. The zero-order chi connectivity index (χ0) is 28.9. The summed E-state index contributed by atoms with van der Waals surface area (Å²) in [6.07, 6.45) is 3.25. The number of methoxy groups -OCH3 is 2. The van der Waals surface area contributed by atoms with Crippen molar-refractivity contribution in [3.8, 4) is 23.3 Å². The van der Waals surface area contributed by atoms with E-state index >= 15 is 0 Å². The van der Waals surface area contributed by atoms with E-state index in [4.69, 9.17) is 37.7 Å². The number of imidazole rings is 1. The lowest BCUT2D eigenvalue weighted by atomic mass is 9.91. The molecular formula is C28H28Cl2N6O4. The third kappa shape index (κ3) is 4.61. The van der Waals surface area contributed by atoms with Gasteiger partial charge in [0.1, 0.15) is 16.9 Å². The van der Waals surface area contributed by atoms with Crippen LogP contribution in [0.15, 0.2) is 41.5 Å². The minimum Gasteiger partial charge on any atom is -0.480 e. The van der Waals surface area contributed by atoms with Gasteiger partial charge in [-0.2, -0.15) is 4.98 Å². The van der Waals surface area contributed by atoms with E-state index in [1.807, 2.05) is 32.9 Å². The van der Waals surface area contributed by atoms with Crippen molar-refractivity contribution in [1.82, 2.24) is 24.1 Å². The Morgan fingerprint density at radius 3 is 2.45 bits per heavy atom. The van der Waals surface area contributed by atoms with Crippen LogP contribution in [0.4, 0.5) is 5.69 Å². The van der Waals surface area contributed by atoms with Crippen LogP contribution in [-0.4, -0.2) is 44.2 Å². The topological polar surface area (TPSA) is 104 Å². The number of aryl methyl sites for hydroxylation is 2. The molecule has 3 aromatic heterocycles. The Bertz CT molecular complexity index is 1670. The van der Waals surface area contributed by atoms with E-state index in [-0.39, 0.29) is 35.0 Å². The summed E-state index contributed by atoms with van der Waals surface area (Å²) in [6.45, 7) is 6.03. The van der Waals surface area contributed by atoms with Gasteiger partial charge in [-0.15, -0.1) is 0 Å². The summed E-state index contributed by atoms with van der Waals surface area (Å²) in [7, 11) is 4.60. The number of anilines is 1. The molecular weight excluding hydrogens is 555 g/mol. The highest BCUT2D eigenvalue weighted by molar-refractivity contribution is 6.31. The van der Waals surface area contributed by atoms with Crippen LogP contribution >= 0.6 is 23.2 Å². The Morgan fingerprint density at radius 1 is 1.07 bits per heavy atom. The molecule has 0 fully saturated rings. The Kier molecular flexibility index (Phi) is 7.32. The largest absolute Gasteiger partial charge is 0.480 e. The second kappa shape index (κ2) is 10.6. The molecule has 12 heteroatoms. The van der Waals surface area contributed by atoms with Crippen LogP contribution in [0.5, 0.6) is 11.9 Å². The summed E-state index contributed by atoms with van der Waals surface area (Å²) < 4.78 is 14.2. The van der Waals surface area contributed by atoms with Crippen molar-refractivity contribution in [1.29, 1.82) is 0 Å². The van der Waals surface area contributed by atoms with Crippen molar-refractivity contribution < 1.29 is 14.3 Å². The summed E-state index contributed by atoms with van der Waals surface area (Å²) >= 11 is 12.6. The quantitative estimate of drug-likeness (QED) is 0.317. The van der Waals surface area contributed by atoms with Gasteiger partial charge in [-0.05, 0) is 50.1 Å². The van der Waals surface area contributed by atoms with Crippen LogP contribution in [-0.2, 0) is 18.3 Å². The van der Waals surface area contributed by atoms with E-state index < -0.39 is 6.04 Å². The summed E-state index contributed by atoms with van der Waals surface area (Å²) in [4.78, 5) is 41.6. The van der Waals surface area contributed by atoms with Crippen LogP contribution in [0.3, 0.4) is 0 Å². The number of amides is 1. The molecule has 0 radical (unpaired) electrons. The molecule has 0 bridgehead atoms. The highest BCUT2D eigenvalue weighted by Gasteiger charge is 2.41. The van der Waals surface area contributed by atoms with E-state index in [0.717, 1.165) is 16.8 Å². The number of pyridine rings is 1. The number of ether oxygens (including phenoxy) is 2. The van der Waals surface area contributed by atoms with E-state index in [1.165, 1.54) is 24.9 Å². The lowest BCUT2D eigenvalue weighted by Gasteiger charge is -2.38. The van der Waals surface area contributed by atoms with E-state index in [1.54, 1.807) is 30.4 Å². The lowest BCUT2D eigenvalue weighted by molar-refractivity contribution is -0.118. The summed E-state index contributed by atoms with van der Waals surface area (Å²) in [5, 5.41) is 0.599. The Hall–Kier alpha value is -3.89. The normalized spacial score (nSPS) is 15.0. The fourth-order valence-corrected chi connectivity index (χ4v) is 5.66. The second-order valence-electron chi connectivity index (χ2n) is 9.82. The molecule has 10 nitrogen and oxygen atoms in total. The molecule has 0 saturated carbocycles. The zero-order valence-corrected chi connectivity index (χ0v) is 24.4. The molecule has 40 heavy (non-hydrogen) atoms. The first kappa shape index (κ1) is 27.7. The highest BCUT2D eigenvalue weighted by Crippen LogP contribution is 2.44. The average molecular weight is 583 g/mol. The Morgan fingerprint density at radius 2 is 1.82 bits per heavy atom. The fourth-order valence-electron chi connectivity index (χ4n) is 5.19. The highest BCUT2D eigenvalue weighted by atomic mass is 35.5. The molecule has 0 N–H and O–H groups in total. The molecule has 1 unspecified atom stereocenters. The average Bonchev–Trinajstić information content (AvgIpc) is 3.29. The smallest absolute Gasteiger partial charge is 0.319 e. The van der Waals surface area contributed by atoms with Crippen molar-refractivity contribution in [2.75, 3.05) is 19.1 Å². The number of rotatable bonds is 6. The van der Waals surface area contributed by atoms with Gasteiger partial charge in [0.05, 0.1) is 43.3 Å². The van der Waals surface area contributed by atoms with Gasteiger partial charge < -0.3 is 18.6 Å². The van der Waals surface area contributed by atoms with Crippen LogP contribution in [0.25, 0.3) is 11.4 Å². The molecule has 1 amide bonds. The third-order valence-corrected chi connectivity index (χ3v) is 7.43. The first-order valence-electron chi connectivity index (χ1n) is 12.6. The number of aromatic nitrogens is 5. The van der Waals surface area contributed by atoms with Gasteiger partial charge in [-0.25, -0.2) is 9.97 Å². The molecule has 1 aromatic carbocycles. The molecule has 1 aliphatic rings. The van der Waals surface area contributed by atoms with Crippen molar-refractivity contribution in [2.24, 2.45) is 7.05 Å². The molecule has 1 atom stereocenters. The van der Waals surface area contributed by atoms with Crippen LogP contribution in [0.2, 0.25) is 10.0 Å². The summed E-state index contributed by atoms with van der Waals surface area (Å²) in [5.74, 6) is 0.659. The van der Waals surface area contributed by atoms with Crippen LogP contribution < -0.4 is 19.9 Å². The number of carbonyl (C=O) groups is 1. The number of hydrogen-bond donors (Lipinski definition) is 0. The number of benzene rings is 1. The molecule has 1 aliphatic heterocycles. The van der Waals surface area contributed by atoms with Crippen molar-refractivity contribution >= 4 is 34.8 Å². The van der Waals surface area contributed by atoms with Gasteiger partial charge in [0, 0.05) is 30.5 Å². The number of fused-ring (bicyclic) bond motifs is 1. The SMILES string of the molecule is COc1ncc(-c2nc3c(n2C(C)C)C(c2ccc(Cl)cc2C)N(c2cc(Cl)c(=O)n(C)c2)C(=O)C3)c(OC)n1. The molecule has 4 heterocycles. The minimum absolute atomic E-state index is 0.0170. The van der Waals surface area contributed by atoms with Gasteiger partial charge in [0.2, 0.25) is 11.8 Å². The van der Waals surface area contributed by atoms with Crippen LogP contribution in [0, 0.1) is 6.92 Å². The first-order chi connectivity index (χ1) is 19.0. The molecule has 0 aliphatic carbocycles. The maximum atomic E-state index is 13.9. The monoisotopic (exact) mass is 582 g/mol. The lowest BCUT2D eigenvalue weighted by Crippen LogP contribution is -2.43. The van der Waals surface area contributed by atoms with E-state index in [2.05, 4.69) is 14.5 Å². The van der Waals surface area contributed by atoms with Gasteiger partial charge >= 0.3 is 6.01 Å². The van der Waals surface area contributed by atoms with Crippen molar-refractivity contribution in [3.63, 3.8) is 0 Å². The van der Waals surface area contributed by atoms with Crippen molar-refractivity contribution in [2.45, 2.75) is 39.3 Å². The van der Waals surface area contributed by atoms with E-state index in [9.17, 15) is 9.59 Å². The molecule has 208 valence electrons. The number of carbonyl (C=O) groups excluding carboxylic acids is 1. The second-order valence-corrected chi connectivity index (χ2v) is 10.7. The van der Waals surface area contributed by atoms with Crippen LogP contribution in [0.1, 0.15) is 48.4 Å². The van der Waals surface area contributed by atoms with E-state index in [0.29, 0.717) is 33.7 Å². The van der Waals surface area contributed by atoms with Gasteiger partial charge in [-0.1, -0.05) is 29.3 Å². The number of hydrogen-bond acceptors (Lipinski definition) is 7. The van der Waals surface area contributed by atoms with Gasteiger partial charge in [-0.3, -0.25) is 14.5 Å². The molecule has 0 saturated heterocycles. The Balaban J connectivity index is 1.84. The van der Waals surface area contributed by atoms with Gasteiger partial charge in [0.25, 0.3) is 5.56 Å². The summed E-state index contributed by atoms with van der Waals surface area (Å²) in [6, 6.07) is 6.58. The molecule has 0 spiro atoms. The molecule has 5 rings (SSSR count). The number of halogens is 2. The Labute approximate surface area is 241 Å².